The van der Waals surface area contributed by atoms with Crippen molar-refractivity contribution in [2.75, 3.05) is 6.54 Å². The largest absolute Gasteiger partial charge is 0.328 e. The second-order valence-electron chi connectivity index (χ2n) is 6.87. The van der Waals surface area contributed by atoms with Gasteiger partial charge in [0.15, 0.2) is 0 Å². The standard InChI is InChI=1S/C17H22N2O/c1-12-3-2-4-14(9-12)17(7-8-17)18-16(20)19-11-13-5-6-15(19)10-13/h2-4,9,13,15H,5-8,10-11H2,1H3,(H,18,20)/t13-,15-/m0/s1. The van der Waals surface area contributed by atoms with Crippen molar-refractivity contribution in [3.05, 3.63) is 35.4 Å². The fourth-order valence-electron chi connectivity index (χ4n) is 4.00. The summed E-state index contributed by atoms with van der Waals surface area (Å²) in [7, 11) is 0. The number of hydrogen-bond donors (Lipinski definition) is 1. The van der Waals surface area contributed by atoms with Crippen LogP contribution in [0, 0.1) is 12.8 Å². The molecule has 1 heterocycles. The zero-order valence-electron chi connectivity index (χ0n) is 12.1. The lowest BCUT2D eigenvalue weighted by Gasteiger charge is -2.30. The van der Waals surface area contributed by atoms with E-state index >= 15 is 0 Å². The summed E-state index contributed by atoms with van der Waals surface area (Å²) in [6.07, 6.45) is 5.89. The minimum atomic E-state index is -0.0784. The molecule has 2 amide bonds. The van der Waals surface area contributed by atoms with Crippen molar-refractivity contribution in [1.29, 1.82) is 0 Å². The molecule has 0 radical (unpaired) electrons. The predicted molar refractivity (Wildman–Crippen MR) is 78.5 cm³/mol. The lowest BCUT2D eigenvalue weighted by atomic mass is 10.0. The van der Waals surface area contributed by atoms with Gasteiger partial charge in [-0.15, -0.1) is 0 Å². The zero-order chi connectivity index (χ0) is 13.7. The van der Waals surface area contributed by atoms with E-state index in [4.69, 9.17) is 0 Å². The summed E-state index contributed by atoms with van der Waals surface area (Å²) in [6.45, 7) is 3.08. The Hall–Kier alpha value is -1.51. The van der Waals surface area contributed by atoms with Crippen molar-refractivity contribution in [3.63, 3.8) is 0 Å². The molecule has 3 aliphatic rings. The van der Waals surface area contributed by atoms with Crippen LogP contribution in [0.1, 0.15) is 43.2 Å². The van der Waals surface area contributed by atoms with E-state index in [1.807, 2.05) is 0 Å². The van der Waals surface area contributed by atoms with E-state index in [1.165, 1.54) is 30.4 Å². The first-order valence-electron chi connectivity index (χ1n) is 7.82. The van der Waals surface area contributed by atoms with Gasteiger partial charge in [-0.1, -0.05) is 29.8 Å². The van der Waals surface area contributed by atoms with E-state index in [1.54, 1.807) is 0 Å². The van der Waals surface area contributed by atoms with Crippen LogP contribution in [0.15, 0.2) is 24.3 Å². The summed E-state index contributed by atoms with van der Waals surface area (Å²) in [4.78, 5) is 14.7. The van der Waals surface area contributed by atoms with E-state index in [0.29, 0.717) is 6.04 Å². The first-order chi connectivity index (χ1) is 9.66. The van der Waals surface area contributed by atoms with Crippen molar-refractivity contribution < 1.29 is 4.79 Å². The number of urea groups is 1. The van der Waals surface area contributed by atoms with Crippen molar-refractivity contribution in [2.45, 2.75) is 50.6 Å². The van der Waals surface area contributed by atoms with Crippen LogP contribution < -0.4 is 5.32 Å². The number of likely N-dealkylation sites (tertiary alicyclic amines) is 1. The third-order valence-electron chi connectivity index (χ3n) is 5.34. The van der Waals surface area contributed by atoms with Gasteiger partial charge in [0.1, 0.15) is 0 Å². The van der Waals surface area contributed by atoms with E-state index < -0.39 is 0 Å². The Morgan fingerprint density at radius 1 is 1.35 bits per heavy atom. The van der Waals surface area contributed by atoms with Gasteiger partial charge in [0.2, 0.25) is 0 Å². The summed E-state index contributed by atoms with van der Waals surface area (Å²) in [5.74, 6) is 0.764. The lowest BCUT2D eigenvalue weighted by molar-refractivity contribution is 0.175. The number of aryl methyl sites for hydroxylation is 1. The van der Waals surface area contributed by atoms with Gasteiger partial charge in [0.05, 0.1) is 5.54 Å². The monoisotopic (exact) mass is 270 g/mol. The van der Waals surface area contributed by atoms with Gasteiger partial charge in [0.25, 0.3) is 0 Å². The maximum atomic E-state index is 12.6. The Kier molecular flexibility index (Phi) is 2.60. The molecule has 1 aromatic carbocycles. The molecule has 1 aromatic rings. The molecule has 0 aromatic heterocycles. The molecule has 0 unspecified atom stereocenters. The molecular formula is C17H22N2O. The molecule has 106 valence electrons. The number of fused-ring (bicyclic) bond motifs is 2. The normalized spacial score (nSPS) is 29.6. The molecule has 1 saturated heterocycles. The molecule has 4 rings (SSSR count). The number of piperidine rings is 1. The van der Waals surface area contributed by atoms with Gasteiger partial charge in [-0.25, -0.2) is 4.79 Å². The molecule has 2 bridgehead atoms. The molecule has 3 nitrogen and oxygen atoms in total. The molecule has 1 aliphatic heterocycles. The van der Waals surface area contributed by atoms with Gasteiger partial charge in [-0.05, 0) is 50.5 Å². The van der Waals surface area contributed by atoms with Crippen LogP contribution in [0.4, 0.5) is 4.79 Å². The Labute approximate surface area is 120 Å². The molecular weight excluding hydrogens is 248 g/mol. The van der Waals surface area contributed by atoms with Gasteiger partial charge >= 0.3 is 6.03 Å². The lowest BCUT2D eigenvalue weighted by Crippen LogP contribution is -2.48. The van der Waals surface area contributed by atoms with Gasteiger partial charge in [-0.2, -0.15) is 0 Å². The Morgan fingerprint density at radius 3 is 2.80 bits per heavy atom. The average Bonchev–Trinajstić information content (AvgIpc) is 2.92. The Balaban J connectivity index is 1.50. The summed E-state index contributed by atoms with van der Waals surface area (Å²) < 4.78 is 0. The van der Waals surface area contributed by atoms with Gasteiger partial charge in [0, 0.05) is 12.6 Å². The van der Waals surface area contributed by atoms with Crippen LogP contribution in [-0.4, -0.2) is 23.5 Å². The third kappa shape index (κ3) is 1.91. The number of rotatable bonds is 2. The number of benzene rings is 1. The molecule has 2 aliphatic carbocycles. The topological polar surface area (TPSA) is 32.3 Å². The maximum absolute atomic E-state index is 12.6. The van der Waals surface area contributed by atoms with Crippen molar-refractivity contribution in [3.8, 4) is 0 Å². The number of amides is 2. The second kappa shape index (κ2) is 4.24. The first-order valence-corrected chi connectivity index (χ1v) is 7.82. The van der Waals surface area contributed by atoms with E-state index in [0.717, 1.165) is 25.3 Å². The van der Waals surface area contributed by atoms with E-state index in [-0.39, 0.29) is 11.6 Å². The average molecular weight is 270 g/mol. The summed E-state index contributed by atoms with van der Waals surface area (Å²) in [5, 5.41) is 3.32. The van der Waals surface area contributed by atoms with Gasteiger partial charge < -0.3 is 10.2 Å². The molecule has 3 heteroatoms. The SMILES string of the molecule is Cc1cccc(C2(NC(=O)N3C[C@H]4CC[C@H]3C4)CC2)c1. The number of nitrogens with zero attached hydrogens (tertiary/aromatic N) is 1. The minimum absolute atomic E-state index is 0.0784. The Bertz CT molecular complexity index is 550. The molecule has 1 N–H and O–H groups in total. The fourth-order valence-corrected chi connectivity index (χ4v) is 4.00. The zero-order valence-corrected chi connectivity index (χ0v) is 12.1. The van der Waals surface area contributed by atoms with Crippen LogP contribution in [0.25, 0.3) is 0 Å². The highest BCUT2D eigenvalue weighted by Crippen LogP contribution is 2.46. The van der Waals surface area contributed by atoms with Gasteiger partial charge in [-0.3, -0.25) is 0 Å². The van der Waals surface area contributed by atoms with Crippen LogP contribution >= 0.6 is 0 Å². The van der Waals surface area contributed by atoms with Crippen molar-refractivity contribution in [1.82, 2.24) is 10.2 Å². The number of carbonyl (C=O) groups is 1. The minimum Gasteiger partial charge on any atom is -0.328 e. The number of carbonyl (C=O) groups excluding carboxylic acids is 1. The van der Waals surface area contributed by atoms with Crippen LogP contribution in [-0.2, 0) is 5.54 Å². The van der Waals surface area contributed by atoms with E-state index in [9.17, 15) is 4.79 Å². The van der Waals surface area contributed by atoms with Crippen LogP contribution in [0.3, 0.4) is 0 Å². The summed E-state index contributed by atoms with van der Waals surface area (Å²) in [5.41, 5.74) is 2.46. The molecule has 0 spiro atoms. The van der Waals surface area contributed by atoms with E-state index in [2.05, 4.69) is 41.4 Å². The summed E-state index contributed by atoms with van der Waals surface area (Å²) >= 11 is 0. The van der Waals surface area contributed by atoms with Crippen molar-refractivity contribution >= 4 is 6.03 Å². The quantitative estimate of drug-likeness (QED) is 0.879. The third-order valence-corrected chi connectivity index (χ3v) is 5.34. The Morgan fingerprint density at radius 2 is 2.20 bits per heavy atom. The summed E-state index contributed by atoms with van der Waals surface area (Å²) in [6, 6.07) is 9.24. The first kappa shape index (κ1) is 12.2. The fraction of sp³-hybridized carbons (Fsp3) is 0.588. The van der Waals surface area contributed by atoms with Crippen LogP contribution in [0.5, 0.6) is 0 Å². The second-order valence-corrected chi connectivity index (χ2v) is 6.87. The highest BCUT2D eigenvalue weighted by Gasteiger charge is 2.48. The maximum Gasteiger partial charge on any atom is 0.318 e. The molecule has 2 atom stereocenters. The highest BCUT2D eigenvalue weighted by molar-refractivity contribution is 5.77. The molecule has 3 fully saturated rings. The number of hydrogen-bond acceptors (Lipinski definition) is 1. The predicted octanol–water partition coefficient (Wildman–Crippen LogP) is 3.18. The molecule has 2 saturated carbocycles. The number of nitrogens with one attached hydrogen (secondary N) is 1. The van der Waals surface area contributed by atoms with Crippen molar-refractivity contribution in [2.24, 2.45) is 5.92 Å². The highest BCUT2D eigenvalue weighted by atomic mass is 16.2. The molecule has 20 heavy (non-hydrogen) atoms. The van der Waals surface area contributed by atoms with Crippen LogP contribution in [0.2, 0.25) is 0 Å². The smallest absolute Gasteiger partial charge is 0.318 e.